The average molecular weight is 375 g/mol. The highest BCUT2D eigenvalue weighted by Gasteiger charge is 2.34. The van der Waals surface area contributed by atoms with Crippen LogP contribution in [0.2, 0.25) is 0 Å². The van der Waals surface area contributed by atoms with E-state index >= 15 is 0 Å². The molecule has 1 saturated heterocycles. The van der Waals surface area contributed by atoms with E-state index in [9.17, 15) is 4.79 Å². The number of fused-ring (bicyclic) bond motifs is 1. The molecule has 3 aromatic rings. The normalized spacial score (nSPS) is 19.9. The van der Waals surface area contributed by atoms with E-state index < -0.39 is 0 Å². The number of carbonyl (C=O) groups excluding carboxylic acids is 1. The Morgan fingerprint density at radius 3 is 2.57 bits per heavy atom. The summed E-state index contributed by atoms with van der Waals surface area (Å²) in [7, 11) is 0. The second-order valence-corrected chi connectivity index (χ2v) is 7.55. The van der Waals surface area contributed by atoms with Crippen LogP contribution in [-0.4, -0.2) is 30.2 Å². The number of hydrogen-bond donors (Lipinski definition) is 1. The first-order chi connectivity index (χ1) is 13.7. The summed E-state index contributed by atoms with van der Waals surface area (Å²) in [5, 5.41) is 5.31. The van der Waals surface area contributed by atoms with E-state index in [-0.39, 0.29) is 5.91 Å². The topological polar surface area (TPSA) is 38.3 Å². The van der Waals surface area contributed by atoms with Crippen LogP contribution in [0.15, 0.2) is 72.8 Å². The van der Waals surface area contributed by atoms with Gasteiger partial charge in [-0.2, -0.15) is 4.65 Å². The third-order valence-corrected chi connectivity index (χ3v) is 5.38. The number of benzene rings is 3. The molecule has 1 atom stereocenters. The van der Waals surface area contributed by atoms with E-state index in [2.05, 4.69) is 29.6 Å². The fourth-order valence-electron chi connectivity index (χ4n) is 4.01. The predicted octanol–water partition coefficient (Wildman–Crippen LogP) is 4.91. The van der Waals surface area contributed by atoms with Crippen molar-refractivity contribution < 1.29 is 14.3 Å². The lowest BCUT2D eigenvalue weighted by molar-refractivity contribution is -1.11. The summed E-state index contributed by atoms with van der Waals surface area (Å²) in [6, 6.07) is 24.4. The van der Waals surface area contributed by atoms with Crippen molar-refractivity contribution in [2.75, 3.05) is 25.0 Å². The van der Waals surface area contributed by atoms with Crippen LogP contribution in [0.5, 0.6) is 0 Å². The number of nitrogens with zero attached hydrogens (tertiary/aromatic N) is 1. The Hall–Kier alpha value is -2.69. The van der Waals surface area contributed by atoms with Gasteiger partial charge in [-0.3, -0.25) is 4.79 Å². The van der Waals surface area contributed by atoms with E-state index in [4.69, 9.17) is 4.84 Å². The van der Waals surface area contributed by atoms with Crippen LogP contribution in [0.1, 0.15) is 24.8 Å². The Balaban J connectivity index is 1.55. The fourth-order valence-corrected chi connectivity index (χ4v) is 4.01. The SMILES string of the molecule is O=C(C[N+]1(Cc2ccccc2)CCCCCO1)Nc1cccc2ccccc12. The van der Waals surface area contributed by atoms with Crippen LogP contribution >= 0.6 is 0 Å². The highest BCUT2D eigenvalue weighted by atomic mass is 16.7. The summed E-state index contributed by atoms with van der Waals surface area (Å²) in [6.07, 6.45) is 3.29. The van der Waals surface area contributed by atoms with Crippen LogP contribution in [0, 0.1) is 0 Å². The van der Waals surface area contributed by atoms with Crippen molar-refractivity contribution in [1.29, 1.82) is 0 Å². The molecule has 1 aliphatic rings. The summed E-state index contributed by atoms with van der Waals surface area (Å²) >= 11 is 0. The lowest BCUT2D eigenvalue weighted by Crippen LogP contribution is -2.51. The van der Waals surface area contributed by atoms with Gasteiger partial charge < -0.3 is 5.32 Å². The van der Waals surface area contributed by atoms with E-state index in [1.54, 1.807) is 0 Å². The van der Waals surface area contributed by atoms with Crippen LogP contribution < -0.4 is 5.32 Å². The van der Waals surface area contributed by atoms with Gasteiger partial charge >= 0.3 is 0 Å². The number of nitrogens with one attached hydrogen (secondary N) is 1. The number of hydrogen-bond acceptors (Lipinski definition) is 2. The van der Waals surface area contributed by atoms with Crippen molar-refractivity contribution in [2.45, 2.75) is 25.8 Å². The van der Waals surface area contributed by atoms with Gasteiger partial charge in [0, 0.05) is 16.6 Å². The van der Waals surface area contributed by atoms with E-state index in [1.807, 2.05) is 48.5 Å². The van der Waals surface area contributed by atoms with Crippen molar-refractivity contribution in [3.05, 3.63) is 78.4 Å². The smallest absolute Gasteiger partial charge is 0.282 e. The number of anilines is 1. The van der Waals surface area contributed by atoms with Crippen molar-refractivity contribution >= 4 is 22.4 Å². The Morgan fingerprint density at radius 1 is 0.893 bits per heavy atom. The molecule has 1 fully saturated rings. The van der Waals surface area contributed by atoms with Crippen LogP contribution in [-0.2, 0) is 16.2 Å². The molecule has 144 valence electrons. The highest BCUT2D eigenvalue weighted by molar-refractivity contribution is 6.02. The molecular weight excluding hydrogens is 348 g/mol. The lowest BCUT2D eigenvalue weighted by Gasteiger charge is -2.34. The van der Waals surface area contributed by atoms with E-state index in [1.165, 1.54) is 5.56 Å². The summed E-state index contributed by atoms with van der Waals surface area (Å²) in [4.78, 5) is 19.3. The first-order valence-electron chi connectivity index (χ1n) is 10.1. The Morgan fingerprint density at radius 2 is 1.68 bits per heavy atom. The summed E-state index contributed by atoms with van der Waals surface area (Å²) in [5.74, 6) is -0.00539. The molecule has 1 N–H and O–H groups in total. The molecule has 1 heterocycles. The zero-order chi connectivity index (χ0) is 19.2. The zero-order valence-corrected chi connectivity index (χ0v) is 16.1. The second kappa shape index (κ2) is 8.55. The van der Waals surface area contributed by atoms with Crippen molar-refractivity contribution in [2.24, 2.45) is 0 Å². The molecule has 0 saturated carbocycles. The van der Waals surface area contributed by atoms with Gasteiger partial charge in [0.05, 0.1) is 0 Å². The maximum Gasteiger partial charge on any atom is 0.282 e. The second-order valence-electron chi connectivity index (χ2n) is 7.55. The van der Waals surface area contributed by atoms with E-state index in [0.717, 1.165) is 42.3 Å². The lowest BCUT2D eigenvalue weighted by atomic mass is 10.1. The predicted molar refractivity (Wildman–Crippen MR) is 113 cm³/mol. The summed E-state index contributed by atoms with van der Waals surface area (Å²) < 4.78 is 0.362. The number of carbonyl (C=O) groups is 1. The number of hydroxylamine groups is 3. The molecule has 0 spiro atoms. The molecule has 4 heteroatoms. The van der Waals surface area contributed by atoms with Gasteiger partial charge in [-0.25, -0.2) is 4.84 Å². The minimum atomic E-state index is -0.00539. The monoisotopic (exact) mass is 375 g/mol. The van der Waals surface area contributed by atoms with Crippen LogP contribution in [0.4, 0.5) is 5.69 Å². The summed E-state index contributed by atoms with van der Waals surface area (Å²) in [5.41, 5.74) is 2.05. The van der Waals surface area contributed by atoms with Gasteiger partial charge in [0.15, 0.2) is 6.54 Å². The van der Waals surface area contributed by atoms with Gasteiger partial charge in [0.25, 0.3) is 5.91 Å². The van der Waals surface area contributed by atoms with E-state index in [0.29, 0.717) is 24.3 Å². The highest BCUT2D eigenvalue weighted by Crippen LogP contribution is 2.25. The zero-order valence-electron chi connectivity index (χ0n) is 16.1. The Labute approximate surface area is 166 Å². The first-order valence-corrected chi connectivity index (χ1v) is 10.1. The molecule has 0 aromatic heterocycles. The maximum atomic E-state index is 13.0. The molecule has 0 radical (unpaired) electrons. The fraction of sp³-hybridized carbons (Fsp3) is 0.292. The van der Waals surface area contributed by atoms with Crippen molar-refractivity contribution in [3.8, 4) is 0 Å². The molecule has 3 aromatic carbocycles. The number of rotatable bonds is 5. The number of amides is 1. The molecule has 1 amide bonds. The minimum absolute atomic E-state index is 0.00539. The molecule has 0 aliphatic carbocycles. The van der Waals surface area contributed by atoms with Gasteiger partial charge in [-0.15, -0.1) is 0 Å². The maximum absolute atomic E-state index is 13.0. The first kappa shape index (κ1) is 18.7. The molecule has 1 unspecified atom stereocenters. The molecule has 0 bridgehead atoms. The standard InChI is InChI=1S/C24H26N2O2/c27-24(25-23-15-9-13-21-12-5-6-14-22(21)23)19-26(16-7-2-8-17-28-26)18-20-10-3-1-4-11-20/h1,3-6,9-15H,2,7-8,16-19H2/p+1. The molecule has 1 aliphatic heterocycles. The van der Waals surface area contributed by atoms with Crippen LogP contribution in [0.3, 0.4) is 0 Å². The molecular formula is C24H27N2O2+. The van der Waals surface area contributed by atoms with Crippen LogP contribution in [0.25, 0.3) is 10.8 Å². The Bertz CT molecular complexity index is 926. The molecule has 28 heavy (non-hydrogen) atoms. The third kappa shape index (κ3) is 4.41. The van der Waals surface area contributed by atoms with Crippen molar-refractivity contribution in [3.63, 3.8) is 0 Å². The molecule has 4 nitrogen and oxygen atoms in total. The van der Waals surface area contributed by atoms with Crippen molar-refractivity contribution in [1.82, 2.24) is 0 Å². The summed E-state index contributed by atoms with van der Waals surface area (Å²) in [6.45, 7) is 2.59. The van der Waals surface area contributed by atoms with Gasteiger partial charge in [0.2, 0.25) is 0 Å². The third-order valence-electron chi connectivity index (χ3n) is 5.38. The Kier molecular flexibility index (Phi) is 5.70. The largest absolute Gasteiger partial charge is 0.321 e. The quantitative estimate of drug-likeness (QED) is 0.644. The minimum Gasteiger partial charge on any atom is -0.321 e. The molecule has 4 rings (SSSR count). The van der Waals surface area contributed by atoms with Gasteiger partial charge in [0.1, 0.15) is 19.7 Å². The van der Waals surface area contributed by atoms with Gasteiger partial charge in [-0.1, -0.05) is 66.7 Å². The van der Waals surface area contributed by atoms with Gasteiger partial charge in [-0.05, 0) is 30.7 Å². The average Bonchev–Trinajstić information content (AvgIpc) is 2.94. The number of quaternary nitrogens is 1.